The van der Waals surface area contributed by atoms with Gasteiger partial charge >= 0.3 is 0 Å². The molecule has 1 aromatic rings. The van der Waals surface area contributed by atoms with E-state index >= 15 is 0 Å². The summed E-state index contributed by atoms with van der Waals surface area (Å²) in [7, 11) is 0. The van der Waals surface area contributed by atoms with E-state index in [2.05, 4.69) is 5.16 Å². The number of benzene rings is 1. The molecule has 0 bridgehead atoms. The van der Waals surface area contributed by atoms with E-state index in [0.29, 0.717) is 6.61 Å². The number of oxime groups is 1. The van der Waals surface area contributed by atoms with Crippen molar-refractivity contribution in [2.45, 2.75) is 38.5 Å². The molecule has 0 atom stereocenters. The molecule has 0 fully saturated rings. The SMILES string of the molecule is OCCCCCOc1cccc2c1CCCC2=NO. The maximum Gasteiger partial charge on any atom is 0.123 e. The zero-order valence-corrected chi connectivity index (χ0v) is 11.1. The normalized spacial score (nSPS) is 16.4. The van der Waals surface area contributed by atoms with Crippen LogP contribution < -0.4 is 4.74 Å². The molecule has 0 radical (unpaired) electrons. The third-order valence-electron chi connectivity index (χ3n) is 3.47. The summed E-state index contributed by atoms with van der Waals surface area (Å²) in [5.74, 6) is 0.905. The number of unbranched alkanes of at least 4 members (excludes halogenated alkanes) is 2. The van der Waals surface area contributed by atoms with E-state index in [4.69, 9.17) is 15.1 Å². The first-order valence-electron chi connectivity index (χ1n) is 6.93. The second kappa shape index (κ2) is 7.14. The lowest BCUT2D eigenvalue weighted by atomic mass is 9.89. The Morgan fingerprint density at radius 1 is 1.16 bits per heavy atom. The van der Waals surface area contributed by atoms with Gasteiger partial charge in [0.25, 0.3) is 0 Å². The van der Waals surface area contributed by atoms with E-state index in [1.54, 1.807) is 0 Å². The minimum absolute atomic E-state index is 0.247. The van der Waals surface area contributed by atoms with Crippen LogP contribution in [0.2, 0.25) is 0 Å². The molecule has 104 valence electrons. The lowest BCUT2D eigenvalue weighted by Crippen LogP contribution is -2.13. The maximum atomic E-state index is 9.03. The summed E-state index contributed by atoms with van der Waals surface area (Å²) in [6.07, 6.45) is 5.56. The molecule has 0 unspecified atom stereocenters. The monoisotopic (exact) mass is 263 g/mol. The first kappa shape index (κ1) is 13.9. The molecule has 0 saturated carbocycles. The summed E-state index contributed by atoms with van der Waals surface area (Å²) in [5.41, 5.74) is 2.93. The third kappa shape index (κ3) is 3.47. The van der Waals surface area contributed by atoms with Gasteiger partial charge in [-0.2, -0.15) is 0 Å². The zero-order chi connectivity index (χ0) is 13.5. The quantitative estimate of drug-likeness (QED) is 0.471. The largest absolute Gasteiger partial charge is 0.493 e. The average molecular weight is 263 g/mol. The highest BCUT2D eigenvalue weighted by atomic mass is 16.5. The van der Waals surface area contributed by atoms with E-state index < -0.39 is 0 Å². The Labute approximate surface area is 113 Å². The first-order valence-corrected chi connectivity index (χ1v) is 6.93. The molecule has 19 heavy (non-hydrogen) atoms. The van der Waals surface area contributed by atoms with Crippen molar-refractivity contribution in [1.82, 2.24) is 0 Å². The zero-order valence-electron chi connectivity index (χ0n) is 11.1. The van der Waals surface area contributed by atoms with Crippen LogP contribution in [-0.4, -0.2) is 29.2 Å². The van der Waals surface area contributed by atoms with Gasteiger partial charge in [0.05, 0.1) is 12.3 Å². The van der Waals surface area contributed by atoms with Crippen LogP contribution in [0.25, 0.3) is 0 Å². The summed E-state index contributed by atoms with van der Waals surface area (Å²) in [4.78, 5) is 0. The molecule has 1 aliphatic carbocycles. The Morgan fingerprint density at radius 3 is 2.84 bits per heavy atom. The average Bonchev–Trinajstić information content (AvgIpc) is 2.46. The van der Waals surface area contributed by atoms with Crippen molar-refractivity contribution in [3.8, 4) is 5.75 Å². The number of aliphatic hydroxyl groups is 1. The molecule has 4 nitrogen and oxygen atoms in total. The number of fused-ring (bicyclic) bond motifs is 1. The highest BCUT2D eigenvalue weighted by molar-refractivity contribution is 6.02. The summed E-state index contributed by atoms with van der Waals surface area (Å²) in [6.45, 7) is 0.916. The minimum Gasteiger partial charge on any atom is -0.493 e. The predicted octanol–water partition coefficient (Wildman–Crippen LogP) is 2.74. The van der Waals surface area contributed by atoms with Crippen molar-refractivity contribution in [2.24, 2.45) is 5.16 Å². The van der Waals surface area contributed by atoms with Crippen LogP contribution in [-0.2, 0) is 6.42 Å². The number of nitrogens with zero attached hydrogens (tertiary/aromatic N) is 1. The van der Waals surface area contributed by atoms with Crippen LogP contribution >= 0.6 is 0 Å². The molecule has 2 rings (SSSR count). The summed E-state index contributed by atoms with van der Waals surface area (Å²) in [5, 5.41) is 21.1. The summed E-state index contributed by atoms with van der Waals surface area (Å²) >= 11 is 0. The molecule has 0 spiro atoms. The fourth-order valence-electron chi connectivity index (χ4n) is 2.47. The van der Waals surface area contributed by atoms with Gasteiger partial charge in [-0.05, 0) is 44.6 Å². The predicted molar refractivity (Wildman–Crippen MR) is 74.1 cm³/mol. The minimum atomic E-state index is 0.247. The highest BCUT2D eigenvalue weighted by Gasteiger charge is 2.19. The van der Waals surface area contributed by atoms with Gasteiger partial charge in [-0.15, -0.1) is 0 Å². The number of rotatable bonds is 6. The first-order chi connectivity index (χ1) is 9.36. The van der Waals surface area contributed by atoms with Crippen LogP contribution in [0, 0.1) is 0 Å². The topological polar surface area (TPSA) is 62.0 Å². The Bertz CT molecular complexity index is 443. The smallest absolute Gasteiger partial charge is 0.123 e. The second-order valence-electron chi connectivity index (χ2n) is 4.82. The molecule has 0 heterocycles. The van der Waals surface area contributed by atoms with Crippen LogP contribution in [0.3, 0.4) is 0 Å². The number of hydrogen-bond donors (Lipinski definition) is 2. The Balaban J connectivity index is 2.02. The molecule has 4 heteroatoms. The van der Waals surface area contributed by atoms with Crippen LogP contribution in [0.5, 0.6) is 5.75 Å². The highest BCUT2D eigenvalue weighted by Crippen LogP contribution is 2.30. The Morgan fingerprint density at radius 2 is 2.05 bits per heavy atom. The van der Waals surface area contributed by atoms with Gasteiger partial charge in [0.1, 0.15) is 5.75 Å². The maximum absolute atomic E-state index is 9.03. The fraction of sp³-hybridized carbons (Fsp3) is 0.533. The number of ether oxygens (including phenoxy) is 1. The van der Waals surface area contributed by atoms with E-state index in [-0.39, 0.29) is 6.61 Å². The number of hydrogen-bond acceptors (Lipinski definition) is 4. The van der Waals surface area contributed by atoms with E-state index in [1.165, 1.54) is 0 Å². The van der Waals surface area contributed by atoms with Crippen LogP contribution in [0.1, 0.15) is 43.2 Å². The molecule has 0 saturated heterocycles. The molecule has 0 aliphatic heterocycles. The lowest BCUT2D eigenvalue weighted by molar-refractivity contribution is 0.265. The van der Waals surface area contributed by atoms with Crippen molar-refractivity contribution in [3.05, 3.63) is 29.3 Å². The standard InChI is InChI=1S/C15H21NO3/c17-10-2-1-3-11-19-15-9-5-6-12-13(15)7-4-8-14(12)16-18/h5-6,9,17-18H,1-4,7-8,10-11H2. The molecule has 2 N–H and O–H groups in total. The van der Waals surface area contributed by atoms with E-state index in [1.807, 2.05) is 18.2 Å². The molecule has 1 aromatic carbocycles. The van der Waals surface area contributed by atoms with Gasteiger partial charge < -0.3 is 15.1 Å². The van der Waals surface area contributed by atoms with E-state index in [0.717, 1.165) is 61.1 Å². The lowest BCUT2D eigenvalue weighted by Gasteiger charge is -2.20. The fourth-order valence-corrected chi connectivity index (χ4v) is 2.47. The molecule has 1 aliphatic rings. The summed E-state index contributed by atoms with van der Waals surface area (Å²) < 4.78 is 5.83. The van der Waals surface area contributed by atoms with Crippen LogP contribution in [0.15, 0.2) is 23.4 Å². The molecule has 0 aromatic heterocycles. The van der Waals surface area contributed by atoms with Crippen molar-refractivity contribution >= 4 is 5.71 Å². The van der Waals surface area contributed by atoms with E-state index in [9.17, 15) is 0 Å². The van der Waals surface area contributed by atoms with Gasteiger partial charge in [0.2, 0.25) is 0 Å². The summed E-state index contributed by atoms with van der Waals surface area (Å²) in [6, 6.07) is 5.91. The van der Waals surface area contributed by atoms with Crippen molar-refractivity contribution in [1.29, 1.82) is 0 Å². The van der Waals surface area contributed by atoms with Crippen molar-refractivity contribution in [3.63, 3.8) is 0 Å². The van der Waals surface area contributed by atoms with Gasteiger partial charge in [0.15, 0.2) is 0 Å². The van der Waals surface area contributed by atoms with Crippen molar-refractivity contribution in [2.75, 3.05) is 13.2 Å². The molecular weight excluding hydrogens is 242 g/mol. The van der Waals surface area contributed by atoms with Crippen molar-refractivity contribution < 1.29 is 15.1 Å². The van der Waals surface area contributed by atoms with Gasteiger partial charge in [-0.1, -0.05) is 17.3 Å². The Hall–Kier alpha value is -1.55. The number of aliphatic hydroxyl groups excluding tert-OH is 1. The van der Waals surface area contributed by atoms with Gasteiger partial charge in [-0.3, -0.25) is 0 Å². The molecule has 0 amide bonds. The third-order valence-corrected chi connectivity index (χ3v) is 3.47. The van der Waals surface area contributed by atoms with Gasteiger partial charge in [0, 0.05) is 17.7 Å². The van der Waals surface area contributed by atoms with Crippen LogP contribution in [0.4, 0.5) is 0 Å². The molecular formula is C15H21NO3. The Kier molecular flexibility index (Phi) is 5.21. The second-order valence-corrected chi connectivity index (χ2v) is 4.82. The van der Waals surface area contributed by atoms with Gasteiger partial charge in [-0.25, -0.2) is 0 Å².